The lowest BCUT2D eigenvalue weighted by Gasteiger charge is -2.08. The van der Waals surface area contributed by atoms with Gasteiger partial charge in [-0.25, -0.2) is 4.79 Å². The van der Waals surface area contributed by atoms with Crippen molar-refractivity contribution in [3.63, 3.8) is 0 Å². The first kappa shape index (κ1) is 11.3. The molecule has 5 heteroatoms. The molecule has 3 rings (SSSR count). The molecule has 0 aromatic carbocycles. The second-order valence-corrected chi connectivity index (χ2v) is 4.16. The van der Waals surface area contributed by atoms with E-state index < -0.39 is 5.97 Å². The highest BCUT2D eigenvalue weighted by Crippen LogP contribution is 2.29. The van der Waals surface area contributed by atoms with Crippen molar-refractivity contribution >= 4 is 17.2 Å². The van der Waals surface area contributed by atoms with Crippen molar-refractivity contribution in [1.29, 1.82) is 0 Å². The predicted octanol–water partition coefficient (Wildman–Crippen LogP) is 2.28. The summed E-state index contributed by atoms with van der Waals surface area (Å²) in [6, 6.07) is 8.80. The van der Waals surface area contributed by atoms with Gasteiger partial charge in [0.1, 0.15) is 5.69 Å². The highest BCUT2D eigenvalue weighted by molar-refractivity contribution is 5.92. The highest BCUT2D eigenvalue weighted by Gasteiger charge is 2.13. The standard InChI is InChI=1S/C14H11N3O2/c15-13-10(9-3-6-16-7-4-9)5-8-17-11(13)1-2-12(17)14(18)19/h1-8H,15H2,(H,18,19). The average Bonchev–Trinajstić information content (AvgIpc) is 2.85. The Morgan fingerprint density at radius 1 is 1.16 bits per heavy atom. The Balaban J connectivity index is 2.26. The number of nitrogens with two attached hydrogens (primary N) is 1. The van der Waals surface area contributed by atoms with Crippen molar-refractivity contribution in [3.05, 3.63) is 54.6 Å². The van der Waals surface area contributed by atoms with Gasteiger partial charge in [-0.1, -0.05) is 0 Å². The molecule has 0 atom stereocenters. The van der Waals surface area contributed by atoms with Gasteiger partial charge in [-0.15, -0.1) is 0 Å². The van der Waals surface area contributed by atoms with E-state index in [1.165, 1.54) is 0 Å². The first-order valence-corrected chi connectivity index (χ1v) is 5.71. The van der Waals surface area contributed by atoms with Crippen LogP contribution in [-0.2, 0) is 0 Å². The van der Waals surface area contributed by atoms with Gasteiger partial charge in [-0.2, -0.15) is 0 Å². The minimum atomic E-state index is -0.976. The van der Waals surface area contributed by atoms with Crippen molar-refractivity contribution in [2.24, 2.45) is 0 Å². The van der Waals surface area contributed by atoms with Gasteiger partial charge in [-0.3, -0.25) is 4.98 Å². The van der Waals surface area contributed by atoms with Crippen molar-refractivity contribution < 1.29 is 9.90 Å². The average molecular weight is 253 g/mol. The number of anilines is 1. The Hall–Kier alpha value is -2.82. The summed E-state index contributed by atoms with van der Waals surface area (Å²) < 4.78 is 1.57. The summed E-state index contributed by atoms with van der Waals surface area (Å²) in [5.74, 6) is -0.976. The Morgan fingerprint density at radius 3 is 2.58 bits per heavy atom. The third-order valence-corrected chi connectivity index (χ3v) is 3.08. The molecular formula is C14H11N3O2. The number of nitrogens with zero attached hydrogens (tertiary/aromatic N) is 2. The number of carboxylic acids is 1. The molecule has 0 aliphatic heterocycles. The number of pyridine rings is 2. The first-order chi connectivity index (χ1) is 9.18. The number of carbonyl (C=O) groups is 1. The Labute approximate surface area is 108 Å². The van der Waals surface area contributed by atoms with Gasteiger partial charge in [0.25, 0.3) is 0 Å². The van der Waals surface area contributed by atoms with Crippen molar-refractivity contribution in [1.82, 2.24) is 9.38 Å². The van der Waals surface area contributed by atoms with Crippen molar-refractivity contribution in [2.75, 3.05) is 5.73 Å². The molecule has 3 aromatic heterocycles. The maximum atomic E-state index is 11.1. The molecule has 0 saturated carbocycles. The minimum Gasteiger partial charge on any atom is -0.477 e. The fraction of sp³-hybridized carbons (Fsp3) is 0. The largest absolute Gasteiger partial charge is 0.477 e. The molecule has 0 amide bonds. The number of aromatic carboxylic acids is 1. The summed E-state index contributed by atoms with van der Waals surface area (Å²) in [5.41, 5.74) is 9.39. The van der Waals surface area contributed by atoms with Crippen LogP contribution in [0, 0.1) is 0 Å². The number of carboxylic acid groups (broad SMARTS) is 1. The van der Waals surface area contributed by atoms with E-state index in [0.717, 1.165) is 11.1 Å². The number of hydrogen-bond donors (Lipinski definition) is 2. The van der Waals surface area contributed by atoms with Gasteiger partial charge in [0.05, 0.1) is 11.2 Å². The fourth-order valence-electron chi connectivity index (χ4n) is 2.16. The van der Waals surface area contributed by atoms with Crippen LogP contribution in [0.1, 0.15) is 10.5 Å². The monoisotopic (exact) mass is 253 g/mol. The maximum absolute atomic E-state index is 11.1. The van der Waals surface area contributed by atoms with Crippen LogP contribution in [0.25, 0.3) is 16.6 Å². The van der Waals surface area contributed by atoms with Gasteiger partial charge >= 0.3 is 5.97 Å². The van der Waals surface area contributed by atoms with Gasteiger partial charge in [-0.05, 0) is 35.9 Å². The SMILES string of the molecule is Nc1c(-c2ccncc2)ccn2c(C(=O)O)ccc12. The van der Waals surface area contributed by atoms with Crippen LogP contribution in [-0.4, -0.2) is 20.5 Å². The summed E-state index contributed by atoms with van der Waals surface area (Å²) in [6.45, 7) is 0. The number of nitrogen functional groups attached to an aromatic ring is 1. The topological polar surface area (TPSA) is 80.6 Å². The van der Waals surface area contributed by atoms with Crippen LogP contribution in [0.3, 0.4) is 0 Å². The Bertz CT molecular complexity index is 763. The molecule has 3 N–H and O–H groups in total. The highest BCUT2D eigenvalue weighted by atomic mass is 16.4. The van der Waals surface area contributed by atoms with E-state index in [4.69, 9.17) is 10.8 Å². The van der Waals surface area contributed by atoms with Crippen LogP contribution in [0.4, 0.5) is 5.69 Å². The van der Waals surface area contributed by atoms with Crippen LogP contribution in [0.15, 0.2) is 48.9 Å². The zero-order chi connectivity index (χ0) is 13.4. The second kappa shape index (κ2) is 4.13. The molecule has 0 radical (unpaired) electrons. The lowest BCUT2D eigenvalue weighted by molar-refractivity contribution is 0.0689. The van der Waals surface area contributed by atoms with Gasteiger partial charge < -0.3 is 15.2 Å². The molecule has 0 fully saturated rings. The quantitative estimate of drug-likeness (QED) is 0.734. The first-order valence-electron chi connectivity index (χ1n) is 5.71. The molecule has 3 aromatic rings. The Kier molecular flexibility index (Phi) is 2.45. The van der Waals surface area contributed by atoms with E-state index in [2.05, 4.69) is 4.98 Å². The van der Waals surface area contributed by atoms with Gasteiger partial charge in [0.15, 0.2) is 0 Å². The predicted molar refractivity (Wildman–Crippen MR) is 72.0 cm³/mol. The molecule has 0 spiro atoms. The molecule has 0 saturated heterocycles. The van der Waals surface area contributed by atoms with E-state index >= 15 is 0 Å². The molecule has 94 valence electrons. The zero-order valence-electron chi connectivity index (χ0n) is 9.95. The maximum Gasteiger partial charge on any atom is 0.352 e. The van der Waals surface area contributed by atoms with Crippen LogP contribution in [0.2, 0.25) is 0 Å². The molecule has 19 heavy (non-hydrogen) atoms. The third kappa shape index (κ3) is 1.72. The van der Waals surface area contributed by atoms with Crippen LogP contribution in [0.5, 0.6) is 0 Å². The zero-order valence-corrected chi connectivity index (χ0v) is 9.95. The van der Waals surface area contributed by atoms with E-state index in [0.29, 0.717) is 11.2 Å². The summed E-state index contributed by atoms with van der Waals surface area (Å²) in [5, 5.41) is 9.08. The van der Waals surface area contributed by atoms with Crippen molar-refractivity contribution in [3.8, 4) is 11.1 Å². The second-order valence-electron chi connectivity index (χ2n) is 4.16. The number of fused-ring (bicyclic) bond motifs is 1. The van der Waals surface area contributed by atoms with Crippen LogP contribution >= 0.6 is 0 Å². The molecular weight excluding hydrogens is 242 g/mol. The number of hydrogen-bond acceptors (Lipinski definition) is 3. The Morgan fingerprint density at radius 2 is 1.89 bits per heavy atom. The fourth-order valence-corrected chi connectivity index (χ4v) is 2.16. The lowest BCUT2D eigenvalue weighted by atomic mass is 10.1. The van der Waals surface area contributed by atoms with Crippen molar-refractivity contribution in [2.45, 2.75) is 0 Å². The van der Waals surface area contributed by atoms with E-state index in [-0.39, 0.29) is 5.69 Å². The van der Waals surface area contributed by atoms with Crippen LogP contribution < -0.4 is 5.73 Å². The molecule has 0 aliphatic carbocycles. The summed E-state index contributed by atoms with van der Waals surface area (Å²) in [7, 11) is 0. The molecule has 0 bridgehead atoms. The summed E-state index contributed by atoms with van der Waals surface area (Å²) in [6.07, 6.45) is 5.10. The van der Waals surface area contributed by atoms with Gasteiger partial charge in [0.2, 0.25) is 0 Å². The molecule has 3 heterocycles. The molecule has 0 aliphatic rings. The normalized spacial score (nSPS) is 10.7. The third-order valence-electron chi connectivity index (χ3n) is 3.08. The minimum absolute atomic E-state index is 0.197. The van der Waals surface area contributed by atoms with Gasteiger partial charge in [0, 0.05) is 24.2 Å². The number of rotatable bonds is 2. The molecule has 0 unspecified atom stereocenters. The number of aromatic nitrogens is 2. The molecule has 5 nitrogen and oxygen atoms in total. The smallest absolute Gasteiger partial charge is 0.352 e. The van der Waals surface area contributed by atoms with E-state index in [1.807, 2.05) is 18.2 Å². The lowest BCUT2D eigenvalue weighted by Crippen LogP contribution is -2.03. The summed E-state index contributed by atoms with van der Waals surface area (Å²) >= 11 is 0. The van der Waals surface area contributed by atoms with E-state index in [1.54, 1.807) is 35.1 Å². The summed E-state index contributed by atoms with van der Waals surface area (Å²) in [4.78, 5) is 15.0. The van der Waals surface area contributed by atoms with E-state index in [9.17, 15) is 4.79 Å².